The zero-order valence-electron chi connectivity index (χ0n) is 15.4. The molecule has 0 saturated carbocycles. The lowest BCUT2D eigenvalue weighted by atomic mass is 9.95. The Kier molecular flexibility index (Phi) is 5.78. The SMILES string of the molecule is C=CC(=O)NC1CCN(S(=O)(=O)c2sc(-c3ccccc3)nc2C)CC1C. The van der Waals surface area contributed by atoms with E-state index in [1.54, 1.807) is 6.92 Å². The molecule has 2 heterocycles. The molecule has 6 nitrogen and oxygen atoms in total. The van der Waals surface area contributed by atoms with E-state index in [0.29, 0.717) is 34.4 Å². The van der Waals surface area contributed by atoms with Gasteiger partial charge in [0, 0.05) is 24.7 Å². The summed E-state index contributed by atoms with van der Waals surface area (Å²) in [6.45, 7) is 7.87. The summed E-state index contributed by atoms with van der Waals surface area (Å²) in [6, 6.07) is 9.52. The van der Waals surface area contributed by atoms with Crippen LogP contribution in [0.4, 0.5) is 0 Å². The highest BCUT2D eigenvalue weighted by atomic mass is 32.2. The first kappa shape index (κ1) is 19.7. The number of hydrogen-bond acceptors (Lipinski definition) is 5. The van der Waals surface area contributed by atoms with Crippen molar-refractivity contribution in [2.75, 3.05) is 13.1 Å². The van der Waals surface area contributed by atoms with Crippen molar-refractivity contribution in [1.29, 1.82) is 0 Å². The number of aromatic nitrogens is 1. The first-order chi connectivity index (χ1) is 12.8. The lowest BCUT2D eigenvalue weighted by Gasteiger charge is -2.36. The standard InChI is InChI=1S/C19H23N3O3S2/c1-4-17(23)21-16-10-11-22(12-13(16)2)27(24,25)19-14(3)20-18(26-19)15-8-6-5-7-9-15/h4-9,13,16H,1,10-12H2,2-3H3,(H,21,23). The van der Waals surface area contributed by atoms with Crippen LogP contribution in [0.1, 0.15) is 19.0 Å². The molecule has 1 amide bonds. The number of piperidine rings is 1. The summed E-state index contributed by atoms with van der Waals surface area (Å²) in [5.74, 6) is -0.215. The third kappa shape index (κ3) is 4.12. The molecule has 1 fully saturated rings. The largest absolute Gasteiger partial charge is 0.349 e. The van der Waals surface area contributed by atoms with Gasteiger partial charge in [0.2, 0.25) is 5.91 Å². The lowest BCUT2D eigenvalue weighted by molar-refractivity contribution is -0.117. The van der Waals surface area contributed by atoms with Crippen molar-refractivity contribution in [2.24, 2.45) is 5.92 Å². The van der Waals surface area contributed by atoms with Gasteiger partial charge in [-0.25, -0.2) is 13.4 Å². The molecule has 2 unspecified atom stereocenters. The number of sulfonamides is 1. The number of aryl methyl sites for hydroxylation is 1. The molecule has 2 atom stereocenters. The molecule has 8 heteroatoms. The molecule has 2 aromatic rings. The molecule has 0 radical (unpaired) electrons. The number of carbonyl (C=O) groups is 1. The summed E-state index contributed by atoms with van der Waals surface area (Å²) in [5, 5.41) is 3.58. The van der Waals surface area contributed by atoms with E-state index in [9.17, 15) is 13.2 Å². The van der Waals surface area contributed by atoms with Gasteiger partial charge in [-0.2, -0.15) is 4.31 Å². The molecule has 1 saturated heterocycles. The number of thiazole rings is 1. The van der Waals surface area contributed by atoms with Crippen LogP contribution in [0.5, 0.6) is 0 Å². The van der Waals surface area contributed by atoms with Gasteiger partial charge in [0.25, 0.3) is 10.0 Å². The smallest absolute Gasteiger partial charge is 0.254 e. The van der Waals surface area contributed by atoms with Crippen molar-refractivity contribution in [1.82, 2.24) is 14.6 Å². The third-order valence-corrected chi connectivity index (χ3v) is 8.39. The summed E-state index contributed by atoms with van der Waals surface area (Å²) < 4.78 is 28.1. The summed E-state index contributed by atoms with van der Waals surface area (Å²) in [7, 11) is -3.61. The first-order valence-electron chi connectivity index (χ1n) is 8.79. The molecular weight excluding hydrogens is 382 g/mol. The highest BCUT2D eigenvalue weighted by Crippen LogP contribution is 2.34. The molecule has 27 heavy (non-hydrogen) atoms. The Morgan fingerprint density at radius 3 is 2.70 bits per heavy atom. The fourth-order valence-corrected chi connectivity index (χ4v) is 6.44. The minimum absolute atomic E-state index is 0.0132. The Balaban J connectivity index is 1.81. The van der Waals surface area contributed by atoms with Gasteiger partial charge in [-0.3, -0.25) is 4.79 Å². The average molecular weight is 406 g/mol. The van der Waals surface area contributed by atoms with Crippen LogP contribution >= 0.6 is 11.3 Å². The molecule has 1 N–H and O–H groups in total. The molecule has 144 valence electrons. The van der Waals surface area contributed by atoms with Gasteiger partial charge >= 0.3 is 0 Å². The second-order valence-electron chi connectivity index (χ2n) is 6.71. The molecule has 3 rings (SSSR count). The monoisotopic (exact) mass is 405 g/mol. The van der Waals surface area contributed by atoms with Crippen molar-refractivity contribution < 1.29 is 13.2 Å². The summed E-state index contributed by atoms with van der Waals surface area (Å²) >= 11 is 1.21. The van der Waals surface area contributed by atoms with E-state index in [1.807, 2.05) is 37.3 Å². The van der Waals surface area contributed by atoms with Gasteiger partial charge < -0.3 is 5.32 Å². The normalized spacial score (nSPS) is 21.0. The van der Waals surface area contributed by atoms with Gasteiger partial charge in [0.05, 0.1) is 5.69 Å². The molecule has 0 bridgehead atoms. The summed E-state index contributed by atoms with van der Waals surface area (Å²) in [6.07, 6.45) is 1.81. The average Bonchev–Trinajstić information content (AvgIpc) is 3.06. The first-order valence-corrected chi connectivity index (χ1v) is 11.0. The second kappa shape index (κ2) is 7.92. The van der Waals surface area contributed by atoms with Crippen LogP contribution < -0.4 is 5.32 Å². The second-order valence-corrected chi connectivity index (χ2v) is 9.84. The Labute approximate surface area is 164 Å². The molecule has 0 spiro atoms. The lowest BCUT2D eigenvalue weighted by Crippen LogP contribution is -2.51. The number of rotatable bonds is 5. The van der Waals surface area contributed by atoms with Gasteiger partial charge in [0.15, 0.2) is 4.21 Å². The topological polar surface area (TPSA) is 79.4 Å². The van der Waals surface area contributed by atoms with E-state index in [1.165, 1.54) is 21.7 Å². The molecule has 1 aromatic carbocycles. The predicted octanol–water partition coefficient (Wildman–Crippen LogP) is 2.82. The van der Waals surface area contributed by atoms with E-state index in [2.05, 4.69) is 16.9 Å². The highest BCUT2D eigenvalue weighted by molar-refractivity contribution is 7.91. The fourth-order valence-electron chi connectivity index (χ4n) is 3.22. The minimum Gasteiger partial charge on any atom is -0.349 e. The van der Waals surface area contributed by atoms with Crippen LogP contribution in [-0.4, -0.2) is 42.7 Å². The number of benzene rings is 1. The summed E-state index contributed by atoms with van der Waals surface area (Å²) in [4.78, 5) is 16.0. The van der Waals surface area contributed by atoms with Crippen LogP contribution in [0.3, 0.4) is 0 Å². The van der Waals surface area contributed by atoms with Crippen LogP contribution in [0.2, 0.25) is 0 Å². The molecular formula is C19H23N3O3S2. The minimum atomic E-state index is -3.61. The zero-order valence-corrected chi connectivity index (χ0v) is 17.0. The third-order valence-electron chi connectivity index (χ3n) is 4.73. The van der Waals surface area contributed by atoms with Crippen molar-refractivity contribution in [3.8, 4) is 10.6 Å². The summed E-state index contributed by atoms with van der Waals surface area (Å²) in [5.41, 5.74) is 1.43. The number of carbonyl (C=O) groups excluding carboxylic acids is 1. The van der Waals surface area contributed by atoms with Crippen molar-refractivity contribution >= 4 is 27.3 Å². The number of amides is 1. The zero-order chi connectivity index (χ0) is 19.6. The van der Waals surface area contributed by atoms with E-state index >= 15 is 0 Å². The van der Waals surface area contributed by atoms with Crippen LogP contribution in [0.15, 0.2) is 47.2 Å². The van der Waals surface area contributed by atoms with E-state index < -0.39 is 10.0 Å². The Bertz CT molecular complexity index is 938. The maximum atomic E-state index is 13.2. The van der Waals surface area contributed by atoms with Gasteiger partial charge in [-0.15, -0.1) is 11.3 Å². The fraction of sp³-hybridized carbons (Fsp3) is 0.368. The van der Waals surface area contributed by atoms with Gasteiger partial charge in [-0.05, 0) is 25.3 Å². The van der Waals surface area contributed by atoms with Gasteiger partial charge in [0.1, 0.15) is 5.01 Å². The van der Waals surface area contributed by atoms with Crippen LogP contribution in [0, 0.1) is 12.8 Å². The van der Waals surface area contributed by atoms with Crippen molar-refractivity contribution in [2.45, 2.75) is 30.5 Å². The Morgan fingerprint density at radius 1 is 1.37 bits per heavy atom. The highest BCUT2D eigenvalue weighted by Gasteiger charge is 2.36. The molecule has 1 aromatic heterocycles. The maximum Gasteiger partial charge on any atom is 0.254 e. The maximum absolute atomic E-state index is 13.2. The van der Waals surface area contributed by atoms with Crippen molar-refractivity contribution in [3.05, 3.63) is 48.7 Å². The van der Waals surface area contributed by atoms with Crippen LogP contribution in [0.25, 0.3) is 10.6 Å². The Morgan fingerprint density at radius 2 is 2.07 bits per heavy atom. The van der Waals surface area contributed by atoms with E-state index in [0.717, 1.165) is 5.56 Å². The molecule has 1 aliphatic rings. The Hall–Kier alpha value is -2.03. The molecule has 1 aliphatic heterocycles. The number of nitrogens with one attached hydrogen (secondary N) is 1. The number of nitrogens with zero attached hydrogens (tertiary/aromatic N) is 2. The molecule has 0 aliphatic carbocycles. The predicted molar refractivity (Wildman–Crippen MR) is 107 cm³/mol. The van der Waals surface area contributed by atoms with Crippen molar-refractivity contribution in [3.63, 3.8) is 0 Å². The van der Waals surface area contributed by atoms with E-state index in [-0.39, 0.29) is 17.9 Å². The number of hydrogen-bond donors (Lipinski definition) is 1. The quantitative estimate of drug-likeness (QED) is 0.776. The van der Waals surface area contributed by atoms with Gasteiger partial charge in [-0.1, -0.05) is 43.8 Å². The van der Waals surface area contributed by atoms with Crippen LogP contribution in [-0.2, 0) is 14.8 Å². The van der Waals surface area contributed by atoms with E-state index in [4.69, 9.17) is 0 Å².